The second-order valence-electron chi connectivity index (χ2n) is 3.38. The zero-order valence-electron chi connectivity index (χ0n) is 7.94. The molecule has 0 aliphatic heterocycles. The Morgan fingerprint density at radius 2 is 2.07 bits per heavy atom. The minimum atomic E-state index is -1.58. The van der Waals surface area contributed by atoms with Crippen molar-refractivity contribution in [2.24, 2.45) is 0 Å². The third kappa shape index (κ3) is 2.83. The maximum atomic E-state index is 8.98. The Morgan fingerprint density at radius 1 is 1.43 bits per heavy atom. The van der Waals surface area contributed by atoms with Gasteiger partial charge in [0.2, 0.25) is 5.88 Å². The topological polar surface area (TPSA) is 62.6 Å². The van der Waals surface area contributed by atoms with Gasteiger partial charge in [-0.1, -0.05) is 17.7 Å². The molecule has 0 aromatic carbocycles. The molecule has 0 radical (unpaired) electrons. The van der Waals surface area contributed by atoms with Crippen molar-refractivity contribution in [3.05, 3.63) is 23.4 Å². The van der Waals surface area contributed by atoms with Crippen LogP contribution in [0.2, 0.25) is 5.15 Å². The fourth-order valence-corrected chi connectivity index (χ4v) is 0.925. The molecule has 0 bridgehead atoms. The molecule has 0 aliphatic rings. The summed E-state index contributed by atoms with van der Waals surface area (Å²) in [5, 5.41) is 18.3. The van der Waals surface area contributed by atoms with Crippen LogP contribution in [0.5, 0.6) is 5.88 Å². The lowest BCUT2D eigenvalue weighted by Crippen LogP contribution is -2.41. The molecular weight excluding hydrogens is 206 g/mol. The van der Waals surface area contributed by atoms with Crippen LogP contribution in [-0.2, 0) is 0 Å². The molecule has 0 saturated carbocycles. The summed E-state index contributed by atoms with van der Waals surface area (Å²) in [6.07, 6.45) is -1.58. The first-order valence-electron chi connectivity index (χ1n) is 4.09. The van der Waals surface area contributed by atoms with Gasteiger partial charge in [0.05, 0.1) is 0 Å². The number of ether oxygens (including phenoxy) is 1. The summed E-state index contributed by atoms with van der Waals surface area (Å²) in [5.74, 6) is 0.260. The van der Waals surface area contributed by atoms with E-state index in [1.54, 1.807) is 32.0 Å². The third-order valence-electron chi connectivity index (χ3n) is 1.68. The van der Waals surface area contributed by atoms with Gasteiger partial charge >= 0.3 is 0 Å². The molecule has 2 N–H and O–H groups in total. The quantitative estimate of drug-likeness (QED) is 0.590. The lowest BCUT2D eigenvalue weighted by atomic mass is 10.1. The molecule has 1 rings (SSSR count). The second kappa shape index (κ2) is 4.13. The van der Waals surface area contributed by atoms with E-state index in [1.807, 2.05) is 0 Å². The lowest BCUT2D eigenvalue weighted by molar-refractivity contribution is -0.155. The van der Waals surface area contributed by atoms with Crippen LogP contribution < -0.4 is 4.74 Å². The van der Waals surface area contributed by atoms with Crippen LogP contribution in [0.1, 0.15) is 13.8 Å². The summed E-state index contributed by atoms with van der Waals surface area (Å²) in [5.41, 5.74) is -1.11. The molecule has 1 aromatic heterocycles. The van der Waals surface area contributed by atoms with E-state index in [1.165, 1.54) is 0 Å². The van der Waals surface area contributed by atoms with Crippen LogP contribution in [-0.4, -0.2) is 27.1 Å². The highest BCUT2D eigenvalue weighted by molar-refractivity contribution is 6.29. The van der Waals surface area contributed by atoms with Gasteiger partial charge in [0.25, 0.3) is 0 Å². The smallest absolute Gasteiger partial charge is 0.215 e. The second-order valence-corrected chi connectivity index (χ2v) is 3.76. The molecule has 1 aromatic rings. The number of halogens is 1. The molecule has 14 heavy (non-hydrogen) atoms. The molecule has 5 heteroatoms. The van der Waals surface area contributed by atoms with Gasteiger partial charge in [-0.15, -0.1) is 0 Å². The van der Waals surface area contributed by atoms with Gasteiger partial charge in [-0.25, -0.2) is 4.98 Å². The standard InChI is InChI=1S/C9H12ClNO3/c1-9(2,8(12)13)14-7-5-3-4-6(10)11-7/h3-5,8,12-13H,1-2H3. The molecule has 4 nitrogen and oxygen atoms in total. The summed E-state index contributed by atoms with van der Waals surface area (Å²) in [6, 6.07) is 4.87. The lowest BCUT2D eigenvalue weighted by Gasteiger charge is -2.27. The first kappa shape index (κ1) is 11.2. The monoisotopic (exact) mass is 217 g/mol. The largest absolute Gasteiger partial charge is 0.466 e. The normalized spacial score (nSPS) is 11.9. The predicted molar refractivity (Wildman–Crippen MR) is 52.2 cm³/mol. The summed E-state index contributed by atoms with van der Waals surface area (Å²) in [7, 11) is 0. The first-order chi connectivity index (χ1) is 6.42. The average molecular weight is 218 g/mol. The highest BCUT2D eigenvalue weighted by Crippen LogP contribution is 2.19. The van der Waals surface area contributed by atoms with Crippen molar-refractivity contribution in [2.45, 2.75) is 25.7 Å². The van der Waals surface area contributed by atoms with Crippen LogP contribution in [0.3, 0.4) is 0 Å². The van der Waals surface area contributed by atoms with Crippen molar-refractivity contribution in [1.82, 2.24) is 4.98 Å². The van der Waals surface area contributed by atoms with Gasteiger partial charge in [0.1, 0.15) is 5.15 Å². The summed E-state index contributed by atoms with van der Waals surface area (Å²) in [4.78, 5) is 3.86. The van der Waals surface area contributed by atoms with Crippen molar-refractivity contribution in [3.63, 3.8) is 0 Å². The number of hydrogen-bond donors (Lipinski definition) is 2. The Hall–Kier alpha value is -0.840. The minimum Gasteiger partial charge on any atom is -0.466 e. The predicted octanol–water partition coefficient (Wildman–Crippen LogP) is 1.20. The SMILES string of the molecule is CC(C)(Oc1cccc(Cl)n1)C(O)O. The Labute approximate surface area is 87.1 Å². The number of hydrogen-bond acceptors (Lipinski definition) is 4. The van der Waals surface area contributed by atoms with E-state index in [0.29, 0.717) is 5.15 Å². The number of aliphatic hydroxyl groups excluding tert-OH is 1. The molecular formula is C9H12ClNO3. The number of aliphatic hydroxyl groups is 2. The number of nitrogens with zero attached hydrogens (tertiary/aromatic N) is 1. The molecule has 0 unspecified atom stereocenters. The maximum absolute atomic E-state index is 8.98. The zero-order chi connectivity index (χ0) is 10.8. The first-order valence-corrected chi connectivity index (χ1v) is 4.47. The van der Waals surface area contributed by atoms with E-state index < -0.39 is 11.9 Å². The van der Waals surface area contributed by atoms with Crippen molar-refractivity contribution in [3.8, 4) is 5.88 Å². The third-order valence-corrected chi connectivity index (χ3v) is 1.89. The summed E-state index contributed by atoms with van der Waals surface area (Å²) >= 11 is 5.64. The van der Waals surface area contributed by atoms with E-state index in [2.05, 4.69) is 4.98 Å². The van der Waals surface area contributed by atoms with Crippen LogP contribution in [0.4, 0.5) is 0 Å². The van der Waals surface area contributed by atoms with E-state index in [0.717, 1.165) is 0 Å². The fourth-order valence-electron chi connectivity index (χ4n) is 0.769. The Kier molecular flexibility index (Phi) is 3.31. The van der Waals surface area contributed by atoms with Crippen LogP contribution in [0, 0.1) is 0 Å². The van der Waals surface area contributed by atoms with E-state index >= 15 is 0 Å². The molecule has 0 amide bonds. The van der Waals surface area contributed by atoms with E-state index in [-0.39, 0.29) is 5.88 Å². The van der Waals surface area contributed by atoms with E-state index in [9.17, 15) is 0 Å². The average Bonchev–Trinajstić information content (AvgIpc) is 2.02. The number of rotatable bonds is 3. The van der Waals surface area contributed by atoms with Crippen LogP contribution in [0.15, 0.2) is 18.2 Å². The highest BCUT2D eigenvalue weighted by Gasteiger charge is 2.28. The molecule has 78 valence electrons. The van der Waals surface area contributed by atoms with Gasteiger partial charge in [-0.2, -0.15) is 0 Å². The maximum Gasteiger partial charge on any atom is 0.215 e. The Bertz CT molecular complexity index is 315. The number of aromatic nitrogens is 1. The fraction of sp³-hybridized carbons (Fsp3) is 0.444. The van der Waals surface area contributed by atoms with Crippen LogP contribution >= 0.6 is 11.6 Å². The van der Waals surface area contributed by atoms with Crippen molar-refractivity contribution < 1.29 is 14.9 Å². The van der Waals surface area contributed by atoms with Crippen molar-refractivity contribution >= 4 is 11.6 Å². The van der Waals surface area contributed by atoms with Crippen LogP contribution in [0.25, 0.3) is 0 Å². The van der Waals surface area contributed by atoms with Gasteiger partial charge in [-0.3, -0.25) is 0 Å². The van der Waals surface area contributed by atoms with Crippen molar-refractivity contribution in [1.29, 1.82) is 0 Å². The molecule has 0 spiro atoms. The number of pyridine rings is 1. The molecule has 0 aliphatic carbocycles. The van der Waals surface area contributed by atoms with E-state index in [4.69, 9.17) is 26.6 Å². The highest BCUT2D eigenvalue weighted by atomic mass is 35.5. The minimum absolute atomic E-state index is 0.260. The summed E-state index contributed by atoms with van der Waals surface area (Å²) < 4.78 is 5.25. The zero-order valence-corrected chi connectivity index (χ0v) is 8.69. The molecule has 0 fully saturated rings. The van der Waals surface area contributed by atoms with Gasteiger partial charge in [-0.05, 0) is 19.9 Å². The van der Waals surface area contributed by atoms with Gasteiger partial charge in [0, 0.05) is 6.07 Å². The van der Waals surface area contributed by atoms with Crippen molar-refractivity contribution in [2.75, 3.05) is 0 Å². The van der Waals surface area contributed by atoms with Gasteiger partial charge in [0.15, 0.2) is 11.9 Å². The molecule has 0 atom stereocenters. The molecule has 0 saturated heterocycles. The van der Waals surface area contributed by atoms with Gasteiger partial charge < -0.3 is 14.9 Å². The molecule has 1 heterocycles. The Morgan fingerprint density at radius 3 is 2.57 bits per heavy atom. The Balaban J connectivity index is 2.78. The summed E-state index contributed by atoms with van der Waals surface area (Å²) in [6.45, 7) is 3.08.